The molecule has 2 aliphatic rings. The second-order valence-electron chi connectivity index (χ2n) is 7.29. The Morgan fingerprint density at radius 3 is 2.71 bits per heavy atom. The van der Waals surface area contributed by atoms with Crippen molar-refractivity contribution in [2.45, 2.75) is 55.9 Å². The zero-order valence-electron chi connectivity index (χ0n) is 15.9. The first-order valence-electron chi connectivity index (χ1n) is 9.61. The Hall–Kier alpha value is -2.54. The van der Waals surface area contributed by atoms with E-state index in [2.05, 4.69) is 29.1 Å². The number of Topliss-reactive ketones (excluding diaryl/α,β-unsaturated/α-hetero) is 1. The molecule has 0 fully saturated rings. The molecule has 3 N–H and O–H groups in total. The fourth-order valence-corrected chi connectivity index (χ4v) is 4.61. The summed E-state index contributed by atoms with van der Waals surface area (Å²) < 4.78 is 0. The molecular formula is C21H23N3O3S. The Labute approximate surface area is 167 Å². The van der Waals surface area contributed by atoms with Crippen molar-refractivity contribution < 1.29 is 9.90 Å². The number of allylic oxidation sites excluding steroid dienone is 2. The van der Waals surface area contributed by atoms with E-state index in [1.165, 1.54) is 11.8 Å². The van der Waals surface area contributed by atoms with Gasteiger partial charge in [-0.15, -0.1) is 0 Å². The number of phenolic OH excluding ortho intramolecular Hbond substituents is 1. The Balaban J connectivity index is 1.88. The van der Waals surface area contributed by atoms with E-state index in [-0.39, 0.29) is 17.1 Å². The fraction of sp³-hybridized carbons (Fsp3) is 0.381. The van der Waals surface area contributed by atoms with E-state index in [0.717, 1.165) is 30.5 Å². The van der Waals surface area contributed by atoms with Gasteiger partial charge in [0.25, 0.3) is 5.56 Å². The van der Waals surface area contributed by atoms with Gasteiger partial charge in [0.1, 0.15) is 11.6 Å². The largest absolute Gasteiger partial charge is 0.508 e. The number of carbonyl (C=O) groups excluding carboxylic acids is 1. The molecule has 1 aliphatic heterocycles. The maximum atomic E-state index is 13.1. The van der Waals surface area contributed by atoms with E-state index in [1.54, 1.807) is 24.3 Å². The first kappa shape index (κ1) is 18.8. The quantitative estimate of drug-likeness (QED) is 0.534. The zero-order valence-corrected chi connectivity index (χ0v) is 16.7. The van der Waals surface area contributed by atoms with Gasteiger partial charge in [0.15, 0.2) is 10.9 Å². The predicted octanol–water partition coefficient (Wildman–Crippen LogP) is 3.93. The second-order valence-corrected chi connectivity index (χ2v) is 8.72. The summed E-state index contributed by atoms with van der Waals surface area (Å²) in [5.41, 5.74) is 2.55. The molecule has 0 saturated heterocycles. The summed E-state index contributed by atoms with van der Waals surface area (Å²) in [4.78, 5) is 33.4. The zero-order chi connectivity index (χ0) is 19.8. The van der Waals surface area contributed by atoms with E-state index in [1.807, 2.05) is 0 Å². The number of hydrogen-bond acceptors (Lipinski definition) is 6. The van der Waals surface area contributed by atoms with E-state index in [9.17, 15) is 14.7 Å². The Bertz CT molecular complexity index is 1010. The summed E-state index contributed by atoms with van der Waals surface area (Å²) >= 11 is 1.54. The number of anilines is 1. The van der Waals surface area contributed by atoms with Gasteiger partial charge in [0, 0.05) is 28.9 Å². The molecule has 1 aromatic carbocycles. The summed E-state index contributed by atoms with van der Waals surface area (Å²) in [5.74, 6) is 0.268. The molecule has 2 aromatic rings. The molecule has 2 atom stereocenters. The molecule has 28 heavy (non-hydrogen) atoms. The number of rotatable bonds is 4. The van der Waals surface area contributed by atoms with Crippen LogP contribution in [-0.2, 0) is 4.79 Å². The van der Waals surface area contributed by atoms with Crippen molar-refractivity contribution in [1.82, 2.24) is 9.97 Å². The minimum atomic E-state index is -0.474. The van der Waals surface area contributed by atoms with Crippen molar-refractivity contribution in [1.29, 1.82) is 0 Å². The smallest absolute Gasteiger partial charge is 0.257 e. The molecule has 7 heteroatoms. The number of aromatic hydroxyl groups is 1. The van der Waals surface area contributed by atoms with Gasteiger partial charge < -0.3 is 15.4 Å². The number of benzene rings is 1. The topological polar surface area (TPSA) is 95.1 Å². The highest BCUT2D eigenvalue weighted by atomic mass is 32.2. The van der Waals surface area contributed by atoms with Crippen molar-refractivity contribution >= 4 is 23.4 Å². The molecule has 0 amide bonds. The molecule has 1 aliphatic carbocycles. The van der Waals surface area contributed by atoms with Gasteiger partial charge in [-0.1, -0.05) is 37.7 Å². The maximum Gasteiger partial charge on any atom is 0.257 e. The van der Waals surface area contributed by atoms with Crippen molar-refractivity contribution in [2.24, 2.45) is 0 Å². The molecule has 4 rings (SSSR count). The highest BCUT2D eigenvalue weighted by Gasteiger charge is 2.37. The lowest BCUT2D eigenvalue weighted by atomic mass is 9.76. The third-order valence-corrected chi connectivity index (χ3v) is 6.50. The van der Waals surface area contributed by atoms with Crippen molar-refractivity contribution in [3.63, 3.8) is 0 Å². The molecule has 2 unspecified atom stereocenters. The van der Waals surface area contributed by atoms with Crippen molar-refractivity contribution in [3.8, 4) is 5.75 Å². The lowest BCUT2D eigenvalue weighted by molar-refractivity contribution is -0.116. The van der Waals surface area contributed by atoms with Gasteiger partial charge in [-0.2, -0.15) is 0 Å². The molecule has 146 valence electrons. The molecule has 1 aromatic heterocycles. The van der Waals surface area contributed by atoms with Crippen molar-refractivity contribution in [2.75, 3.05) is 5.32 Å². The third-order valence-electron chi connectivity index (χ3n) is 5.35. The van der Waals surface area contributed by atoms with Crippen LogP contribution in [0.2, 0.25) is 0 Å². The Morgan fingerprint density at radius 2 is 2.00 bits per heavy atom. The van der Waals surface area contributed by atoms with Gasteiger partial charge >= 0.3 is 0 Å². The van der Waals surface area contributed by atoms with Gasteiger partial charge in [-0.05, 0) is 37.0 Å². The lowest BCUT2D eigenvalue weighted by Gasteiger charge is -2.32. The van der Waals surface area contributed by atoms with E-state index >= 15 is 0 Å². The molecule has 0 radical (unpaired) electrons. The molecule has 6 nitrogen and oxygen atoms in total. The molecule has 0 saturated carbocycles. The summed E-state index contributed by atoms with van der Waals surface area (Å²) in [6.07, 6.45) is 3.01. The number of thioether (sulfide) groups is 1. The van der Waals surface area contributed by atoms with Crippen LogP contribution in [0.25, 0.3) is 0 Å². The summed E-state index contributed by atoms with van der Waals surface area (Å²) in [6.45, 7) is 4.19. The maximum absolute atomic E-state index is 13.1. The Morgan fingerprint density at radius 1 is 1.25 bits per heavy atom. The number of H-pyrrole nitrogens is 1. The third kappa shape index (κ3) is 3.35. The lowest BCUT2D eigenvalue weighted by Crippen LogP contribution is -2.32. The highest BCUT2D eigenvalue weighted by molar-refractivity contribution is 7.99. The summed E-state index contributed by atoms with van der Waals surface area (Å²) in [6, 6.07) is 6.70. The standard InChI is InChI=1S/C21H23N3O3S/c1-3-11(2)28-21-23-19-18(20(27)24-21)16(12-7-9-13(25)10-8-12)17-14(22-19)5-4-6-15(17)26/h7-11,16,25H,3-6H2,1-2H3,(H2,22,23,24,27). The molecule has 0 bridgehead atoms. The SMILES string of the molecule is CCC(C)Sc1nc2c(c(=O)[nH]1)C(c1ccc(O)cc1)C1=C(CCCC1=O)N2. The number of fused-ring (bicyclic) bond motifs is 1. The molecular weight excluding hydrogens is 374 g/mol. The van der Waals surface area contributed by atoms with Gasteiger partial charge in [-0.3, -0.25) is 9.59 Å². The average Bonchev–Trinajstić information content (AvgIpc) is 2.67. The Kier molecular flexibility index (Phi) is 5.02. The minimum Gasteiger partial charge on any atom is -0.508 e. The number of aromatic nitrogens is 2. The number of nitrogens with one attached hydrogen (secondary N) is 2. The van der Waals surface area contributed by atoms with E-state index < -0.39 is 5.92 Å². The monoisotopic (exact) mass is 397 g/mol. The highest BCUT2D eigenvalue weighted by Crippen LogP contribution is 2.43. The van der Waals surface area contributed by atoms with Crippen LogP contribution in [0.5, 0.6) is 5.75 Å². The number of nitrogens with zero attached hydrogens (tertiary/aromatic N) is 1. The van der Waals surface area contributed by atoms with Crippen LogP contribution in [0.3, 0.4) is 0 Å². The number of hydrogen-bond donors (Lipinski definition) is 3. The van der Waals surface area contributed by atoms with Crippen LogP contribution >= 0.6 is 11.8 Å². The van der Waals surface area contributed by atoms with Crippen molar-refractivity contribution in [3.05, 3.63) is 57.0 Å². The first-order chi connectivity index (χ1) is 13.5. The normalized spacial score (nSPS) is 19.6. The van der Waals surface area contributed by atoms with Crippen LogP contribution < -0.4 is 10.9 Å². The van der Waals surface area contributed by atoms with Crippen LogP contribution in [0, 0.1) is 0 Å². The van der Waals surface area contributed by atoms with Crippen LogP contribution in [0.1, 0.15) is 56.6 Å². The van der Waals surface area contributed by atoms with E-state index in [0.29, 0.717) is 33.8 Å². The average molecular weight is 398 g/mol. The summed E-state index contributed by atoms with van der Waals surface area (Å²) in [7, 11) is 0. The second kappa shape index (κ2) is 7.47. The van der Waals surface area contributed by atoms with Crippen LogP contribution in [0.15, 0.2) is 45.5 Å². The first-order valence-corrected chi connectivity index (χ1v) is 10.5. The predicted molar refractivity (Wildman–Crippen MR) is 110 cm³/mol. The fourth-order valence-electron chi connectivity index (χ4n) is 3.77. The van der Waals surface area contributed by atoms with Gasteiger partial charge in [0.2, 0.25) is 0 Å². The van der Waals surface area contributed by atoms with Gasteiger partial charge in [0.05, 0.1) is 5.56 Å². The van der Waals surface area contributed by atoms with E-state index in [4.69, 9.17) is 0 Å². The molecule has 2 heterocycles. The minimum absolute atomic E-state index is 0.0648. The molecule has 0 spiro atoms. The van der Waals surface area contributed by atoms with Crippen LogP contribution in [0.4, 0.5) is 5.82 Å². The number of phenols is 1. The number of aromatic amines is 1. The van der Waals surface area contributed by atoms with Crippen LogP contribution in [-0.4, -0.2) is 26.1 Å². The van der Waals surface area contributed by atoms with Gasteiger partial charge in [-0.25, -0.2) is 4.98 Å². The summed E-state index contributed by atoms with van der Waals surface area (Å²) in [5, 5.41) is 13.9. The number of ketones is 1. The number of carbonyl (C=O) groups is 1.